The summed E-state index contributed by atoms with van der Waals surface area (Å²) in [6, 6.07) is 0. The lowest BCUT2D eigenvalue weighted by atomic mass is 9.92. The first-order chi connectivity index (χ1) is 19.5. The topological polar surface area (TPSA) is 54.1 Å². The number of nitrogens with zero attached hydrogens (tertiary/aromatic N) is 4. The first-order valence-electron chi connectivity index (χ1n) is 15.4. The van der Waals surface area contributed by atoms with Gasteiger partial charge in [-0.05, 0) is 75.8 Å². The molecule has 0 aliphatic heterocycles. The summed E-state index contributed by atoms with van der Waals surface area (Å²) in [6.45, 7) is 7.23. The van der Waals surface area contributed by atoms with Crippen molar-refractivity contribution in [2.75, 3.05) is 13.2 Å². The standard InChI is InChI=1S/C32H52N4O2S2/c1-29(39)37-25-13-9-5-3-7-11-15-31(17-21-35-23-19-33-27-35)32(18-22-36-24-20-34-28-36)16-12-8-4-6-10-14-26-38-30(2)40/h19-20,23-24,27-28H,3-18,21-22,25-26H2,1-2H3/b32-31-. The molecule has 0 radical (unpaired) electrons. The summed E-state index contributed by atoms with van der Waals surface area (Å²) in [5.41, 5.74) is 3.35. The second kappa shape index (κ2) is 22.6. The first kappa shape index (κ1) is 34.1. The Morgan fingerprint density at radius 2 is 0.925 bits per heavy atom. The molecule has 2 heterocycles. The largest absolute Gasteiger partial charge is 0.487 e. The number of hydrogen-bond acceptors (Lipinski definition) is 6. The van der Waals surface area contributed by atoms with Gasteiger partial charge in [0.25, 0.3) is 0 Å². The predicted octanol–water partition coefficient (Wildman–Crippen LogP) is 9.05. The van der Waals surface area contributed by atoms with Gasteiger partial charge < -0.3 is 18.6 Å². The van der Waals surface area contributed by atoms with E-state index in [0.29, 0.717) is 10.1 Å². The maximum atomic E-state index is 5.42. The van der Waals surface area contributed by atoms with Gasteiger partial charge in [-0.3, -0.25) is 0 Å². The average Bonchev–Trinajstić information content (AvgIpc) is 3.65. The molecule has 0 saturated carbocycles. The predicted molar refractivity (Wildman–Crippen MR) is 174 cm³/mol. The van der Waals surface area contributed by atoms with Crippen LogP contribution in [0.25, 0.3) is 0 Å². The van der Waals surface area contributed by atoms with Crippen LogP contribution in [0, 0.1) is 0 Å². The quantitative estimate of drug-likeness (QED) is 0.0693. The Hall–Kier alpha value is -2.06. The van der Waals surface area contributed by atoms with Crippen molar-refractivity contribution in [1.29, 1.82) is 0 Å². The van der Waals surface area contributed by atoms with Crippen LogP contribution in [0.5, 0.6) is 0 Å². The fourth-order valence-corrected chi connectivity index (χ4v) is 5.22. The Bertz CT molecular complexity index is 866. The van der Waals surface area contributed by atoms with E-state index in [4.69, 9.17) is 33.9 Å². The van der Waals surface area contributed by atoms with Crippen LogP contribution in [-0.2, 0) is 22.6 Å². The summed E-state index contributed by atoms with van der Waals surface area (Å²) >= 11 is 9.98. The highest BCUT2D eigenvalue weighted by atomic mass is 32.1. The number of imidazole rings is 2. The molecule has 0 fully saturated rings. The SMILES string of the molecule is CC(=S)OCCCCCCCC/C(CCn1ccnc1)=C(\CCCCCCCCOC(C)=S)CCn1ccnc1. The van der Waals surface area contributed by atoms with Crippen LogP contribution in [0.4, 0.5) is 0 Å². The molecule has 0 unspecified atom stereocenters. The van der Waals surface area contributed by atoms with Gasteiger partial charge in [0.15, 0.2) is 10.1 Å². The molecule has 40 heavy (non-hydrogen) atoms. The second-order valence-corrected chi connectivity index (χ2v) is 11.9. The van der Waals surface area contributed by atoms with E-state index < -0.39 is 0 Å². The molecule has 0 aliphatic carbocycles. The third kappa shape index (κ3) is 17.6. The lowest BCUT2D eigenvalue weighted by Gasteiger charge is -2.17. The van der Waals surface area contributed by atoms with Gasteiger partial charge in [0.1, 0.15) is 0 Å². The van der Waals surface area contributed by atoms with Crippen molar-refractivity contribution in [3.8, 4) is 0 Å². The van der Waals surface area contributed by atoms with Gasteiger partial charge in [0.05, 0.1) is 25.9 Å². The number of ether oxygens (including phenoxy) is 2. The van der Waals surface area contributed by atoms with Gasteiger partial charge in [0.2, 0.25) is 0 Å². The minimum Gasteiger partial charge on any atom is -0.487 e. The number of hydrogen-bond donors (Lipinski definition) is 0. The van der Waals surface area contributed by atoms with Crippen molar-refractivity contribution in [2.45, 2.75) is 130 Å². The summed E-state index contributed by atoms with van der Waals surface area (Å²) < 4.78 is 15.3. The van der Waals surface area contributed by atoms with E-state index in [1.54, 1.807) is 11.1 Å². The van der Waals surface area contributed by atoms with Crippen molar-refractivity contribution in [2.24, 2.45) is 0 Å². The van der Waals surface area contributed by atoms with Crippen LogP contribution in [0.15, 0.2) is 48.6 Å². The molecule has 2 aromatic rings. The second-order valence-electron chi connectivity index (χ2n) is 10.7. The highest BCUT2D eigenvalue weighted by Crippen LogP contribution is 2.26. The van der Waals surface area contributed by atoms with Gasteiger partial charge in [-0.25, -0.2) is 9.97 Å². The Morgan fingerprint density at radius 3 is 1.27 bits per heavy atom. The number of unbranched alkanes of at least 4 members (excludes halogenated alkanes) is 10. The van der Waals surface area contributed by atoms with Crippen LogP contribution in [0.2, 0.25) is 0 Å². The Balaban J connectivity index is 1.86. The van der Waals surface area contributed by atoms with E-state index >= 15 is 0 Å². The van der Waals surface area contributed by atoms with E-state index in [0.717, 1.165) is 52.0 Å². The third-order valence-electron chi connectivity index (χ3n) is 7.32. The smallest absolute Gasteiger partial charge is 0.156 e. The summed E-state index contributed by atoms with van der Waals surface area (Å²) in [5.74, 6) is 0. The average molecular weight is 589 g/mol. The van der Waals surface area contributed by atoms with Crippen molar-refractivity contribution in [3.63, 3.8) is 0 Å². The van der Waals surface area contributed by atoms with Crippen LogP contribution in [0.3, 0.4) is 0 Å². The summed E-state index contributed by atoms with van der Waals surface area (Å²) in [5, 5.41) is 1.31. The Kier molecular flexibility index (Phi) is 19.3. The van der Waals surface area contributed by atoms with Gasteiger partial charge in [-0.15, -0.1) is 0 Å². The van der Waals surface area contributed by atoms with Crippen LogP contribution < -0.4 is 0 Å². The maximum Gasteiger partial charge on any atom is 0.156 e. The maximum absolute atomic E-state index is 5.42. The number of thiocarbonyl (C=S) groups is 2. The van der Waals surface area contributed by atoms with Crippen LogP contribution >= 0.6 is 24.4 Å². The fraction of sp³-hybridized carbons (Fsp3) is 0.688. The highest BCUT2D eigenvalue weighted by Gasteiger charge is 2.09. The molecule has 8 heteroatoms. The van der Waals surface area contributed by atoms with E-state index in [9.17, 15) is 0 Å². The molecule has 0 aromatic carbocycles. The third-order valence-corrected chi connectivity index (χ3v) is 7.55. The molecule has 2 aromatic heterocycles. The van der Waals surface area contributed by atoms with E-state index in [1.165, 1.54) is 77.0 Å². The molecule has 0 aliphatic rings. The molecule has 0 amide bonds. The van der Waals surface area contributed by atoms with Crippen LogP contribution in [0.1, 0.15) is 117 Å². The minimum atomic E-state index is 0.655. The van der Waals surface area contributed by atoms with E-state index in [1.807, 2.05) is 38.9 Å². The van der Waals surface area contributed by atoms with E-state index in [2.05, 4.69) is 31.5 Å². The number of allylic oxidation sites excluding steroid dienone is 2. The van der Waals surface area contributed by atoms with Gasteiger partial charge in [-0.2, -0.15) is 0 Å². The lowest BCUT2D eigenvalue weighted by molar-refractivity contribution is 0.297. The van der Waals surface area contributed by atoms with Gasteiger partial charge in [0, 0.05) is 51.7 Å². The molecule has 224 valence electrons. The highest BCUT2D eigenvalue weighted by molar-refractivity contribution is 7.80. The molecule has 6 nitrogen and oxygen atoms in total. The molecule has 0 saturated heterocycles. The Labute approximate surface area is 254 Å². The molecule has 0 bridgehead atoms. The molecular formula is C32H52N4O2S2. The normalized spacial score (nSPS) is 11.8. The molecule has 0 spiro atoms. The molecule has 0 N–H and O–H groups in total. The monoisotopic (exact) mass is 588 g/mol. The Morgan fingerprint density at radius 1 is 0.550 bits per heavy atom. The molecular weight excluding hydrogens is 537 g/mol. The van der Waals surface area contributed by atoms with Crippen molar-refractivity contribution in [3.05, 3.63) is 48.6 Å². The van der Waals surface area contributed by atoms with Gasteiger partial charge >= 0.3 is 0 Å². The summed E-state index contributed by atoms with van der Waals surface area (Å²) in [6.07, 6.45) is 31.4. The fourth-order valence-electron chi connectivity index (χ4n) is 5.05. The summed E-state index contributed by atoms with van der Waals surface area (Å²) in [7, 11) is 0. The van der Waals surface area contributed by atoms with Crippen molar-refractivity contribution < 1.29 is 9.47 Å². The van der Waals surface area contributed by atoms with Gasteiger partial charge in [-0.1, -0.05) is 62.5 Å². The molecule has 2 rings (SSSR count). The first-order valence-corrected chi connectivity index (χ1v) is 16.2. The van der Waals surface area contributed by atoms with Crippen LogP contribution in [-0.4, -0.2) is 42.4 Å². The lowest BCUT2D eigenvalue weighted by Crippen LogP contribution is -2.04. The number of rotatable bonds is 24. The zero-order valence-electron chi connectivity index (χ0n) is 25.0. The minimum absolute atomic E-state index is 0.655. The van der Waals surface area contributed by atoms with E-state index in [-0.39, 0.29) is 0 Å². The zero-order chi connectivity index (χ0) is 28.7. The van der Waals surface area contributed by atoms with Crippen molar-refractivity contribution in [1.82, 2.24) is 19.1 Å². The number of aryl methyl sites for hydroxylation is 2. The molecule has 0 atom stereocenters. The zero-order valence-corrected chi connectivity index (χ0v) is 26.7. The van der Waals surface area contributed by atoms with Crippen molar-refractivity contribution >= 4 is 34.5 Å². The number of aromatic nitrogens is 4. The summed E-state index contributed by atoms with van der Waals surface area (Å²) in [4.78, 5) is 8.51.